The number of halogens is 4. The predicted molar refractivity (Wildman–Crippen MR) is 39.6 cm³/mol. The van der Waals surface area contributed by atoms with E-state index in [1.165, 1.54) is 0 Å². The average Bonchev–Trinajstić information content (AvgIpc) is 1.83. The van der Waals surface area contributed by atoms with Gasteiger partial charge in [0, 0.05) is 0 Å². The fourth-order valence-electron chi connectivity index (χ4n) is 1.06. The molecule has 0 saturated carbocycles. The van der Waals surface area contributed by atoms with Gasteiger partial charge in [-0.2, -0.15) is 13.2 Å². The Labute approximate surface area is 73.4 Å². The monoisotopic (exact) mass is 198 g/mol. The Morgan fingerprint density at radius 1 is 1.38 bits per heavy atom. The molecule has 0 aromatic rings. The number of carbonyl (C=O) groups is 1. The minimum Gasteiger partial charge on any atom is -0.302 e. The molecule has 0 amide bonds. The first kappa shape index (κ1) is 12.1. The van der Waals surface area contributed by atoms with E-state index in [1.807, 2.05) is 0 Å². The Kier molecular flexibility index (Phi) is 3.24. The second-order valence-electron chi connectivity index (χ2n) is 3.04. The lowest BCUT2D eigenvalue weighted by Crippen LogP contribution is -2.44. The third-order valence-corrected chi connectivity index (χ3v) is 2.01. The fourth-order valence-corrected chi connectivity index (χ4v) is 1.06. The van der Waals surface area contributed by atoms with Crippen LogP contribution in [-0.4, -0.2) is 12.5 Å². The van der Waals surface area contributed by atoms with Gasteiger partial charge in [0.15, 0.2) is 5.41 Å². The van der Waals surface area contributed by atoms with Crippen molar-refractivity contribution in [3.63, 3.8) is 0 Å². The van der Waals surface area contributed by atoms with E-state index in [0.717, 1.165) is 13.8 Å². The Bertz CT molecular complexity index is 219. The van der Waals surface area contributed by atoms with Crippen LogP contribution in [0.5, 0.6) is 0 Å². The Balaban J connectivity index is 5.38. The summed E-state index contributed by atoms with van der Waals surface area (Å²) < 4.78 is 49.7. The fraction of sp³-hybridized carbons (Fsp3) is 0.625. The van der Waals surface area contributed by atoms with Crippen molar-refractivity contribution in [3.8, 4) is 0 Å². The molecule has 76 valence electrons. The van der Waals surface area contributed by atoms with E-state index < -0.39 is 29.6 Å². The number of alkyl halides is 3. The molecular formula is C8H10F4O. The SMILES string of the molecule is C=C(F)C(C=O)(C(C)C)C(F)(F)F. The first-order valence-electron chi connectivity index (χ1n) is 3.58. The van der Waals surface area contributed by atoms with Gasteiger partial charge in [0.05, 0.1) is 0 Å². The van der Waals surface area contributed by atoms with E-state index in [9.17, 15) is 22.4 Å². The summed E-state index contributed by atoms with van der Waals surface area (Å²) in [5.41, 5.74) is -3.06. The molecule has 0 aromatic heterocycles. The summed E-state index contributed by atoms with van der Waals surface area (Å²) in [6.07, 6.45) is -5.37. The van der Waals surface area contributed by atoms with E-state index in [2.05, 4.69) is 6.58 Å². The first-order chi connectivity index (χ1) is 5.70. The van der Waals surface area contributed by atoms with Gasteiger partial charge in [0.1, 0.15) is 12.1 Å². The zero-order chi connectivity index (χ0) is 10.9. The van der Waals surface area contributed by atoms with Gasteiger partial charge in [-0.25, -0.2) is 4.39 Å². The maximum absolute atomic E-state index is 12.6. The molecule has 0 heterocycles. The van der Waals surface area contributed by atoms with Crippen LogP contribution in [0.4, 0.5) is 17.6 Å². The number of hydrogen-bond donors (Lipinski definition) is 0. The molecule has 1 unspecified atom stereocenters. The molecule has 0 aliphatic rings. The van der Waals surface area contributed by atoms with Gasteiger partial charge >= 0.3 is 6.18 Å². The second-order valence-corrected chi connectivity index (χ2v) is 3.04. The number of allylic oxidation sites excluding steroid dienone is 1. The van der Waals surface area contributed by atoms with Crippen LogP contribution in [0.25, 0.3) is 0 Å². The van der Waals surface area contributed by atoms with Gasteiger partial charge in [-0.05, 0) is 5.92 Å². The number of hydrogen-bond acceptors (Lipinski definition) is 1. The Hall–Kier alpha value is -0.870. The molecule has 0 fully saturated rings. The van der Waals surface area contributed by atoms with Gasteiger partial charge in [-0.3, -0.25) is 0 Å². The Morgan fingerprint density at radius 3 is 1.77 bits per heavy atom. The van der Waals surface area contributed by atoms with E-state index in [0.29, 0.717) is 0 Å². The summed E-state index contributed by atoms with van der Waals surface area (Å²) in [5, 5.41) is 0. The highest BCUT2D eigenvalue weighted by atomic mass is 19.4. The summed E-state index contributed by atoms with van der Waals surface area (Å²) in [6.45, 7) is 4.80. The molecule has 0 spiro atoms. The largest absolute Gasteiger partial charge is 0.407 e. The van der Waals surface area contributed by atoms with Crippen molar-refractivity contribution in [2.45, 2.75) is 20.0 Å². The quantitative estimate of drug-likeness (QED) is 0.503. The van der Waals surface area contributed by atoms with Crippen molar-refractivity contribution in [2.75, 3.05) is 0 Å². The molecule has 13 heavy (non-hydrogen) atoms. The van der Waals surface area contributed by atoms with Crippen LogP contribution in [-0.2, 0) is 4.79 Å². The molecule has 0 saturated heterocycles. The molecular weight excluding hydrogens is 188 g/mol. The van der Waals surface area contributed by atoms with Crippen LogP contribution in [0.1, 0.15) is 13.8 Å². The molecule has 0 aliphatic carbocycles. The molecule has 5 heteroatoms. The van der Waals surface area contributed by atoms with E-state index >= 15 is 0 Å². The molecule has 0 aromatic carbocycles. The van der Waals surface area contributed by atoms with Crippen LogP contribution in [0, 0.1) is 11.3 Å². The highest BCUT2D eigenvalue weighted by Crippen LogP contribution is 2.47. The average molecular weight is 198 g/mol. The normalized spacial score (nSPS) is 16.8. The minimum atomic E-state index is -4.94. The zero-order valence-electron chi connectivity index (χ0n) is 7.28. The second kappa shape index (κ2) is 3.47. The molecule has 0 radical (unpaired) electrons. The van der Waals surface area contributed by atoms with Crippen molar-refractivity contribution in [1.29, 1.82) is 0 Å². The lowest BCUT2D eigenvalue weighted by molar-refractivity contribution is -0.218. The van der Waals surface area contributed by atoms with Gasteiger partial charge in [-0.1, -0.05) is 20.4 Å². The van der Waals surface area contributed by atoms with Crippen molar-refractivity contribution < 1.29 is 22.4 Å². The van der Waals surface area contributed by atoms with Crippen LogP contribution >= 0.6 is 0 Å². The summed E-state index contributed by atoms with van der Waals surface area (Å²) in [6, 6.07) is 0. The summed E-state index contributed by atoms with van der Waals surface area (Å²) >= 11 is 0. The molecule has 1 nitrogen and oxygen atoms in total. The highest BCUT2D eigenvalue weighted by Gasteiger charge is 2.59. The van der Waals surface area contributed by atoms with Crippen molar-refractivity contribution in [3.05, 3.63) is 12.4 Å². The van der Waals surface area contributed by atoms with Crippen molar-refractivity contribution in [2.24, 2.45) is 11.3 Å². The smallest absolute Gasteiger partial charge is 0.302 e. The number of aldehydes is 1. The van der Waals surface area contributed by atoms with Crippen molar-refractivity contribution in [1.82, 2.24) is 0 Å². The summed E-state index contributed by atoms with van der Waals surface area (Å²) in [7, 11) is 0. The van der Waals surface area contributed by atoms with Gasteiger partial charge in [-0.15, -0.1) is 0 Å². The maximum atomic E-state index is 12.6. The minimum absolute atomic E-state index is 0.431. The Morgan fingerprint density at radius 2 is 1.77 bits per heavy atom. The van der Waals surface area contributed by atoms with Crippen LogP contribution in [0.2, 0.25) is 0 Å². The topological polar surface area (TPSA) is 17.1 Å². The molecule has 0 aliphatic heterocycles. The lowest BCUT2D eigenvalue weighted by Gasteiger charge is -2.32. The zero-order valence-corrected chi connectivity index (χ0v) is 7.28. The predicted octanol–water partition coefficient (Wildman–Crippen LogP) is 2.87. The maximum Gasteiger partial charge on any atom is 0.407 e. The molecule has 0 rings (SSSR count). The molecule has 0 bridgehead atoms. The first-order valence-corrected chi connectivity index (χ1v) is 3.58. The number of rotatable bonds is 3. The van der Waals surface area contributed by atoms with Crippen LogP contribution in [0.15, 0.2) is 12.4 Å². The van der Waals surface area contributed by atoms with E-state index in [1.54, 1.807) is 0 Å². The van der Waals surface area contributed by atoms with Gasteiger partial charge in [0.25, 0.3) is 0 Å². The van der Waals surface area contributed by atoms with Crippen LogP contribution in [0.3, 0.4) is 0 Å². The highest BCUT2D eigenvalue weighted by molar-refractivity contribution is 5.66. The molecule has 0 N–H and O–H groups in total. The van der Waals surface area contributed by atoms with E-state index in [4.69, 9.17) is 0 Å². The van der Waals surface area contributed by atoms with Gasteiger partial charge < -0.3 is 4.79 Å². The van der Waals surface area contributed by atoms with Gasteiger partial charge in [0.2, 0.25) is 0 Å². The molecule has 1 atom stereocenters. The third-order valence-electron chi connectivity index (χ3n) is 2.01. The van der Waals surface area contributed by atoms with Crippen LogP contribution < -0.4 is 0 Å². The summed E-state index contributed by atoms with van der Waals surface area (Å²) in [5.74, 6) is -2.87. The van der Waals surface area contributed by atoms with Crippen molar-refractivity contribution >= 4 is 6.29 Å². The lowest BCUT2D eigenvalue weighted by atomic mass is 9.77. The van der Waals surface area contributed by atoms with E-state index in [-0.39, 0.29) is 0 Å². The summed E-state index contributed by atoms with van der Waals surface area (Å²) in [4.78, 5) is 10.3. The standard InChI is InChI=1S/C8H10F4O/c1-5(2)7(4-13,6(3)9)8(10,11)12/h4-5H,3H2,1-2H3. The third kappa shape index (κ3) is 1.73. The number of carbonyl (C=O) groups excluding carboxylic acids is 1.